The molecule has 2 rings (SSSR count). The molecule has 0 aliphatic heterocycles. The monoisotopic (exact) mass is 306 g/mol. The number of carbonyl (C=O) groups excluding carboxylic acids is 1. The molecule has 1 aliphatic rings. The third-order valence-corrected chi connectivity index (χ3v) is 3.66. The van der Waals surface area contributed by atoms with Gasteiger partial charge in [-0.05, 0) is 36.8 Å². The molecule has 0 saturated heterocycles. The van der Waals surface area contributed by atoms with E-state index in [-0.39, 0.29) is 12.5 Å². The number of aromatic nitrogens is 1. The van der Waals surface area contributed by atoms with Crippen LogP contribution in [-0.4, -0.2) is 29.0 Å². The maximum Gasteiger partial charge on any atom is 0.239 e. The van der Waals surface area contributed by atoms with Crippen LogP contribution in [-0.2, 0) is 17.6 Å². The zero-order chi connectivity index (χ0) is 15.4. The lowest BCUT2D eigenvalue weighted by atomic mass is 10.1. The van der Waals surface area contributed by atoms with Crippen LogP contribution in [0.5, 0.6) is 0 Å². The molecular formula is C15H22N4OS. The Balaban J connectivity index is 2.05. The number of carbonyl (C=O) groups is 1. The molecule has 5 nitrogen and oxygen atoms in total. The van der Waals surface area contributed by atoms with E-state index in [1.165, 1.54) is 5.56 Å². The number of amides is 1. The predicted molar refractivity (Wildman–Crippen MR) is 88.5 cm³/mol. The van der Waals surface area contributed by atoms with Gasteiger partial charge in [-0.3, -0.25) is 4.79 Å². The average Bonchev–Trinajstić information content (AvgIpc) is 2.88. The summed E-state index contributed by atoms with van der Waals surface area (Å²) in [4.78, 5) is 16.7. The van der Waals surface area contributed by atoms with Gasteiger partial charge in [0.2, 0.25) is 5.91 Å². The van der Waals surface area contributed by atoms with Crippen LogP contribution in [0, 0.1) is 5.92 Å². The smallest absolute Gasteiger partial charge is 0.239 e. The van der Waals surface area contributed by atoms with Crippen LogP contribution in [0.1, 0.15) is 37.1 Å². The van der Waals surface area contributed by atoms with Gasteiger partial charge in [-0.15, -0.1) is 0 Å². The molecular weight excluding hydrogens is 284 g/mol. The van der Waals surface area contributed by atoms with Crippen LogP contribution in [0.25, 0.3) is 0 Å². The van der Waals surface area contributed by atoms with E-state index in [1.54, 1.807) is 0 Å². The Morgan fingerprint density at radius 2 is 2.24 bits per heavy atom. The molecule has 0 aromatic carbocycles. The molecule has 1 aromatic heterocycles. The Labute approximate surface area is 130 Å². The number of thiocarbonyl (C=S) groups is 1. The first kappa shape index (κ1) is 15.7. The largest absolute Gasteiger partial charge is 0.389 e. The maximum absolute atomic E-state index is 11.8. The minimum absolute atomic E-state index is 0.0557. The molecule has 1 aromatic rings. The van der Waals surface area contributed by atoms with Gasteiger partial charge in [0.15, 0.2) is 0 Å². The molecule has 1 aliphatic carbocycles. The molecule has 114 valence electrons. The molecule has 0 atom stereocenters. The summed E-state index contributed by atoms with van der Waals surface area (Å²) in [6.45, 7) is 4.95. The number of rotatable bonds is 6. The fourth-order valence-electron chi connectivity index (χ4n) is 2.34. The van der Waals surface area contributed by atoms with Gasteiger partial charge in [-0.1, -0.05) is 26.1 Å². The highest BCUT2D eigenvalue weighted by Gasteiger charge is 2.18. The van der Waals surface area contributed by atoms with E-state index >= 15 is 0 Å². The lowest BCUT2D eigenvalue weighted by molar-refractivity contribution is -0.119. The van der Waals surface area contributed by atoms with Gasteiger partial charge in [-0.25, -0.2) is 4.98 Å². The topological polar surface area (TPSA) is 80.0 Å². The highest BCUT2D eigenvalue weighted by Crippen LogP contribution is 2.25. The molecule has 0 radical (unpaired) electrons. The van der Waals surface area contributed by atoms with Gasteiger partial charge in [0.05, 0.1) is 12.1 Å². The molecule has 0 spiro atoms. The number of fused-ring (bicyclic) bond motifs is 1. The highest BCUT2D eigenvalue weighted by atomic mass is 32.1. The lowest BCUT2D eigenvalue weighted by Crippen LogP contribution is -2.33. The van der Waals surface area contributed by atoms with E-state index < -0.39 is 0 Å². The molecule has 6 heteroatoms. The van der Waals surface area contributed by atoms with Crippen molar-refractivity contribution in [3.05, 3.63) is 22.9 Å². The number of hydrogen-bond donors (Lipinski definition) is 3. The first-order valence-corrected chi connectivity index (χ1v) is 7.71. The van der Waals surface area contributed by atoms with Gasteiger partial charge in [0.1, 0.15) is 10.8 Å². The summed E-state index contributed by atoms with van der Waals surface area (Å²) >= 11 is 5.08. The second-order valence-electron chi connectivity index (χ2n) is 5.76. The summed E-state index contributed by atoms with van der Waals surface area (Å²) in [5.74, 6) is 0.988. The predicted octanol–water partition coefficient (Wildman–Crippen LogP) is 1.39. The van der Waals surface area contributed by atoms with Crippen LogP contribution < -0.4 is 16.4 Å². The Bertz CT molecular complexity index is 557. The van der Waals surface area contributed by atoms with Crippen molar-refractivity contribution in [2.24, 2.45) is 11.7 Å². The lowest BCUT2D eigenvalue weighted by Gasteiger charge is -2.13. The third-order valence-electron chi connectivity index (χ3n) is 3.44. The number of nitrogens with two attached hydrogens (primary N) is 1. The van der Waals surface area contributed by atoms with Crippen molar-refractivity contribution in [1.29, 1.82) is 0 Å². The number of nitrogens with zero attached hydrogens (tertiary/aromatic N) is 1. The minimum Gasteiger partial charge on any atom is -0.389 e. The zero-order valence-corrected chi connectivity index (χ0v) is 13.3. The van der Waals surface area contributed by atoms with Gasteiger partial charge < -0.3 is 16.4 Å². The summed E-state index contributed by atoms with van der Waals surface area (Å²) in [7, 11) is 0. The average molecular weight is 306 g/mol. The first-order chi connectivity index (χ1) is 9.97. The summed E-state index contributed by atoms with van der Waals surface area (Å²) in [5, 5.41) is 5.92. The Morgan fingerprint density at radius 1 is 1.48 bits per heavy atom. The van der Waals surface area contributed by atoms with Crippen molar-refractivity contribution in [2.45, 2.75) is 33.1 Å². The Hall–Kier alpha value is -1.69. The fraction of sp³-hybridized carbons (Fsp3) is 0.533. The Morgan fingerprint density at radius 3 is 2.90 bits per heavy atom. The molecule has 21 heavy (non-hydrogen) atoms. The first-order valence-electron chi connectivity index (χ1n) is 7.30. The van der Waals surface area contributed by atoms with E-state index in [0.717, 1.165) is 30.5 Å². The summed E-state index contributed by atoms with van der Waals surface area (Å²) in [6.07, 6.45) is 3.10. The number of pyridine rings is 1. The molecule has 1 heterocycles. The standard InChI is InChI=1S/C15H22N4OS/c1-9(2)7-17-13(20)8-18-15-11(14(16)21)6-10-4-3-5-12(10)19-15/h6,9H,3-5,7-8H2,1-2H3,(H2,16,21)(H,17,20)(H,18,19). The number of hydrogen-bond acceptors (Lipinski definition) is 4. The van der Waals surface area contributed by atoms with Crippen molar-refractivity contribution in [3.63, 3.8) is 0 Å². The van der Waals surface area contributed by atoms with E-state index in [1.807, 2.05) is 6.07 Å². The fourth-order valence-corrected chi connectivity index (χ4v) is 2.49. The SMILES string of the molecule is CC(C)CNC(=O)CNc1nc2c(cc1C(N)=S)CCC2. The molecule has 0 saturated carbocycles. The van der Waals surface area contributed by atoms with Gasteiger partial charge in [0.25, 0.3) is 0 Å². The van der Waals surface area contributed by atoms with Crippen LogP contribution >= 0.6 is 12.2 Å². The van der Waals surface area contributed by atoms with Crippen LogP contribution in [0.2, 0.25) is 0 Å². The molecule has 4 N–H and O–H groups in total. The van der Waals surface area contributed by atoms with Crippen molar-refractivity contribution < 1.29 is 4.79 Å². The van der Waals surface area contributed by atoms with Crippen molar-refractivity contribution in [1.82, 2.24) is 10.3 Å². The van der Waals surface area contributed by atoms with E-state index in [2.05, 4.69) is 29.5 Å². The molecule has 0 unspecified atom stereocenters. The highest BCUT2D eigenvalue weighted by molar-refractivity contribution is 7.80. The van der Waals surface area contributed by atoms with E-state index in [9.17, 15) is 4.79 Å². The molecule has 0 fully saturated rings. The van der Waals surface area contributed by atoms with Crippen molar-refractivity contribution in [2.75, 3.05) is 18.4 Å². The third kappa shape index (κ3) is 4.14. The van der Waals surface area contributed by atoms with Crippen molar-refractivity contribution in [3.8, 4) is 0 Å². The zero-order valence-electron chi connectivity index (χ0n) is 12.5. The van der Waals surface area contributed by atoms with Crippen molar-refractivity contribution >= 4 is 28.9 Å². The molecule has 0 bridgehead atoms. The second-order valence-corrected chi connectivity index (χ2v) is 6.20. The number of nitrogens with one attached hydrogen (secondary N) is 2. The van der Waals surface area contributed by atoms with Gasteiger partial charge in [-0.2, -0.15) is 0 Å². The second kappa shape index (κ2) is 6.85. The van der Waals surface area contributed by atoms with E-state index in [4.69, 9.17) is 18.0 Å². The molecule has 1 amide bonds. The normalized spacial score (nSPS) is 13.1. The summed E-state index contributed by atoms with van der Waals surface area (Å²) in [5.41, 5.74) is 8.79. The van der Waals surface area contributed by atoms with Crippen LogP contribution in [0.3, 0.4) is 0 Å². The summed E-state index contributed by atoms with van der Waals surface area (Å²) in [6, 6.07) is 2.01. The Kier molecular flexibility index (Phi) is 5.12. The quantitative estimate of drug-likeness (QED) is 0.692. The van der Waals surface area contributed by atoms with Crippen LogP contribution in [0.4, 0.5) is 5.82 Å². The van der Waals surface area contributed by atoms with Gasteiger partial charge in [0, 0.05) is 12.2 Å². The number of anilines is 1. The van der Waals surface area contributed by atoms with Crippen LogP contribution in [0.15, 0.2) is 6.07 Å². The number of aryl methyl sites for hydroxylation is 2. The van der Waals surface area contributed by atoms with Gasteiger partial charge >= 0.3 is 0 Å². The summed E-state index contributed by atoms with van der Waals surface area (Å²) < 4.78 is 0. The minimum atomic E-state index is -0.0557. The van der Waals surface area contributed by atoms with E-state index in [0.29, 0.717) is 23.3 Å². The maximum atomic E-state index is 11.8.